The molecule has 198 valence electrons. The van der Waals surface area contributed by atoms with Crippen LogP contribution in [-0.2, 0) is 24.2 Å². The monoisotopic (exact) mass is 517 g/mol. The lowest BCUT2D eigenvalue weighted by Crippen LogP contribution is -2.15. The van der Waals surface area contributed by atoms with Crippen LogP contribution in [0.5, 0.6) is 17.2 Å². The Balaban J connectivity index is 1.85. The van der Waals surface area contributed by atoms with Crippen molar-refractivity contribution in [1.29, 1.82) is 0 Å². The number of rotatable bonds is 10. The van der Waals surface area contributed by atoms with Gasteiger partial charge in [-0.25, -0.2) is 0 Å². The van der Waals surface area contributed by atoms with Gasteiger partial charge in [-0.05, 0) is 63.1 Å². The van der Waals surface area contributed by atoms with Gasteiger partial charge in [-0.2, -0.15) is 0 Å². The highest BCUT2D eigenvalue weighted by Gasteiger charge is 2.23. The Morgan fingerprint density at radius 1 is 1.05 bits per heavy atom. The molecule has 0 bridgehead atoms. The van der Waals surface area contributed by atoms with E-state index < -0.39 is 11.9 Å². The molecule has 2 heterocycles. The number of benzene rings is 2. The number of fused-ring (bicyclic) bond motifs is 1. The number of carbonyl (C=O) groups is 2. The molecule has 4 aromatic rings. The average Bonchev–Trinajstić information content (AvgIpc) is 3.46. The van der Waals surface area contributed by atoms with E-state index in [4.69, 9.17) is 4.42 Å². The molecule has 0 saturated carbocycles. The molecule has 0 fully saturated rings. The van der Waals surface area contributed by atoms with E-state index in [9.17, 15) is 30.0 Å². The van der Waals surface area contributed by atoms with Gasteiger partial charge in [0.05, 0.1) is 11.6 Å². The molecule has 2 aromatic carbocycles. The van der Waals surface area contributed by atoms with Crippen molar-refractivity contribution in [2.45, 2.75) is 46.6 Å². The van der Waals surface area contributed by atoms with Gasteiger partial charge in [0, 0.05) is 46.8 Å². The Bertz CT molecular complexity index is 1540. The molecule has 2 aromatic heterocycles. The maximum Gasteiger partial charge on any atom is 0.306 e. The molecule has 0 spiro atoms. The number of phenols is 3. The van der Waals surface area contributed by atoms with E-state index in [1.165, 1.54) is 6.07 Å². The molecule has 4 N–H and O–H groups in total. The van der Waals surface area contributed by atoms with Crippen LogP contribution in [0.1, 0.15) is 54.5 Å². The Kier molecular flexibility index (Phi) is 7.62. The quantitative estimate of drug-likeness (QED) is 0.149. The number of aldehydes is 1. The van der Waals surface area contributed by atoms with Crippen LogP contribution in [0.25, 0.3) is 22.3 Å². The van der Waals surface area contributed by atoms with Crippen molar-refractivity contribution >= 4 is 23.2 Å². The zero-order valence-electron chi connectivity index (χ0n) is 21.6. The fourth-order valence-electron chi connectivity index (χ4n) is 4.49. The molecular weight excluding hydrogens is 486 g/mol. The van der Waals surface area contributed by atoms with Crippen molar-refractivity contribution in [3.63, 3.8) is 0 Å². The SMILES string of the molecule is CC(C)=CCc1c(O)cc(-c2cc3ccc(O)cc3o2)c(Cc2ccc(C=O)n2CCC(C)C(=O)O)c1O. The van der Waals surface area contributed by atoms with E-state index in [-0.39, 0.29) is 23.7 Å². The summed E-state index contributed by atoms with van der Waals surface area (Å²) in [6.07, 6.45) is 3.46. The van der Waals surface area contributed by atoms with Crippen molar-refractivity contribution in [3.05, 3.63) is 76.6 Å². The molecule has 4 rings (SSSR count). The van der Waals surface area contributed by atoms with Crippen molar-refractivity contribution in [1.82, 2.24) is 4.57 Å². The Labute approximate surface area is 220 Å². The van der Waals surface area contributed by atoms with Gasteiger partial charge in [0.1, 0.15) is 28.6 Å². The lowest BCUT2D eigenvalue weighted by atomic mass is 9.94. The van der Waals surface area contributed by atoms with E-state index >= 15 is 0 Å². The van der Waals surface area contributed by atoms with E-state index in [2.05, 4.69) is 0 Å². The summed E-state index contributed by atoms with van der Waals surface area (Å²) < 4.78 is 7.76. The predicted molar refractivity (Wildman–Crippen MR) is 144 cm³/mol. The predicted octanol–water partition coefficient (Wildman–Crippen LogP) is 6.04. The molecule has 1 atom stereocenters. The lowest BCUT2D eigenvalue weighted by molar-refractivity contribution is -0.141. The summed E-state index contributed by atoms with van der Waals surface area (Å²) in [5.74, 6) is -1.22. The average molecular weight is 518 g/mol. The van der Waals surface area contributed by atoms with Crippen LogP contribution in [0.3, 0.4) is 0 Å². The summed E-state index contributed by atoms with van der Waals surface area (Å²) in [5.41, 5.74) is 3.92. The second kappa shape index (κ2) is 10.9. The first-order valence-corrected chi connectivity index (χ1v) is 12.4. The molecule has 0 aliphatic heterocycles. The first-order valence-electron chi connectivity index (χ1n) is 12.4. The van der Waals surface area contributed by atoms with Crippen LogP contribution >= 0.6 is 0 Å². The Hall–Kier alpha value is -4.46. The largest absolute Gasteiger partial charge is 0.508 e. The maximum absolute atomic E-state index is 11.7. The summed E-state index contributed by atoms with van der Waals surface area (Å²) in [7, 11) is 0. The second-order valence-electron chi connectivity index (χ2n) is 9.79. The zero-order chi connectivity index (χ0) is 27.6. The number of nitrogens with zero attached hydrogens (tertiary/aromatic N) is 1. The third kappa shape index (κ3) is 5.44. The van der Waals surface area contributed by atoms with E-state index in [1.807, 2.05) is 19.9 Å². The summed E-state index contributed by atoms with van der Waals surface area (Å²) in [5, 5.41) is 42.2. The van der Waals surface area contributed by atoms with Crippen LogP contribution in [0.15, 0.2) is 58.5 Å². The van der Waals surface area contributed by atoms with Gasteiger partial charge in [-0.15, -0.1) is 0 Å². The minimum atomic E-state index is -0.912. The number of carboxylic acids is 1. The highest BCUT2D eigenvalue weighted by molar-refractivity contribution is 5.85. The Morgan fingerprint density at radius 3 is 2.50 bits per heavy atom. The number of aromatic hydroxyl groups is 3. The van der Waals surface area contributed by atoms with Crippen molar-refractivity contribution in [2.24, 2.45) is 5.92 Å². The second-order valence-corrected chi connectivity index (χ2v) is 9.79. The maximum atomic E-state index is 11.7. The van der Waals surface area contributed by atoms with Crippen LogP contribution in [0, 0.1) is 5.92 Å². The lowest BCUT2D eigenvalue weighted by Gasteiger charge is -2.18. The molecule has 0 radical (unpaired) electrons. The highest BCUT2D eigenvalue weighted by atomic mass is 16.4. The van der Waals surface area contributed by atoms with Crippen molar-refractivity contribution in [2.75, 3.05) is 0 Å². The van der Waals surface area contributed by atoms with Crippen LogP contribution in [-0.4, -0.2) is 37.2 Å². The smallest absolute Gasteiger partial charge is 0.306 e. The standard InChI is InChI=1S/C30H31NO7/c1-17(2)4-9-23-26(34)15-24(28-12-19-5-8-22(33)14-27(19)38-28)25(29(23)35)13-20-6-7-21(16-32)31(20)11-10-18(3)30(36)37/h4-8,12,14-16,18,33-35H,9-11,13H2,1-3H3,(H,36,37). The number of aromatic nitrogens is 1. The van der Waals surface area contributed by atoms with Gasteiger partial charge < -0.3 is 29.4 Å². The van der Waals surface area contributed by atoms with Crippen LogP contribution in [0.4, 0.5) is 0 Å². The van der Waals surface area contributed by atoms with Gasteiger partial charge in [0.25, 0.3) is 0 Å². The van der Waals surface area contributed by atoms with E-state index in [1.54, 1.807) is 47.9 Å². The van der Waals surface area contributed by atoms with E-state index in [0.717, 1.165) is 17.2 Å². The number of allylic oxidation sites excluding steroid dienone is 2. The molecule has 38 heavy (non-hydrogen) atoms. The molecule has 8 nitrogen and oxygen atoms in total. The minimum Gasteiger partial charge on any atom is -0.508 e. The number of furan rings is 1. The van der Waals surface area contributed by atoms with Crippen LogP contribution < -0.4 is 0 Å². The number of hydrogen-bond acceptors (Lipinski definition) is 6. The Morgan fingerprint density at radius 2 is 1.82 bits per heavy atom. The van der Waals surface area contributed by atoms with Gasteiger partial charge in [-0.3, -0.25) is 9.59 Å². The molecule has 0 aliphatic rings. The topological polar surface area (TPSA) is 133 Å². The third-order valence-corrected chi connectivity index (χ3v) is 6.76. The first-order chi connectivity index (χ1) is 18.1. The van der Waals surface area contributed by atoms with Gasteiger partial charge in [0.15, 0.2) is 6.29 Å². The number of carbonyl (C=O) groups excluding carboxylic acids is 1. The normalized spacial score (nSPS) is 12.0. The minimum absolute atomic E-state index is 0.0520. The third-order valence-electron chi connectivity index (χ3n) is 6.76. The summed E-state index contributed by atoms with van der Waals surface area (Å²) in [6, 6.07) is 11.5. The van der Waals surface area contributed by atoms with Gasteiger partial charge >= 0.3 is 5.97 Å². The molecule has 1 unspecified atom stereocenters. The van der Waals surface area contributed by atoms with Crippen molar-refractivity contribution < 1.29 is 34.4 Å². The molecule has 0 amide bonds. The van der Waals surface area contributed by atoms with Gasteiger partial charge in [-0.1, -0.05) is 18.6 Å². The summed E-state index contributed by atoms with van der Waals surface area (Å²) in [6.45, 7) is 5.79. The molecule has 8 heteroatoms. The number of carboxylic acid groups (broad SMARTS) is 1. The van der Waals surface area contributed by atoms with Crippen LogP contribution in [0.2, 0.25) is 0 Å². The first kappa shape index (κ1) is 26.6. The number of phenolic OH excluding ortho intramolecular Hbond substituents is 3. The van der Waals surface area contributed by atoms with E-state index in [0.29, 0.717) is 58.8 Å². The van der Waals surface area contributed by atoms with Crippen molar-refractivity contribution in [3.8, 4) is 28.6 Å². The zero-order valence-corrected chi connectivity index (χ0v) is 21.6. The fraction of sp³-hybridized carbons (Fsp3) is 0.267. The molecule has 0 saturated heterocycles. The number of hydrogen-bond donors (Lipinski definition) is 4. The highest BCUT2D eigenvalue weighted by Crippen LogP contribution is 2.42. The number of aliphatic carboxylic acids is 1. The van der Waals surface area contributed by atoms with Gasteiger partial charge in [0.2, 0.25) is 0 Å². The molecular formula is C30H31NO7. The molecule has 0 aliphatic carbocycles. The summed E-state index contributed by atoms with van der Waals surface area (Å²) >= 11 is 0. The fourth-order valence-corrected chi connectivity index (χ4v) is 4.49. The summed E-state index contributed by atoms with van der Waals surface area (Å²) in [4.78, 5) is 23.1.